The molecule has 2 nitrogen and oxygen atoms in total. The Kier molecular flexibility index (Phi) is 4.00. The Morgan fingerprint density at radius 2 is 2.08 bits per heavy atom. The van der Waals surface area contributed by atoms with Gasteiger partial charge in [-0.3, -0.25) is 0 Å². The largest absolute Gasteiger partial charge is 0.338 e. The van der Waals surface area contributed by atoms with Gasteiger partial charge < -0.3 is 4.57 Å². The smallest absolute Gasteiger partial charge is 0.108 e. The Bertz CT molecular complexity index is 251. The van der Waals surface area contributed by atoms with E-state index in [2.05, 4.69) is 36.6 Å². The van der Waals surface area contributed by atoms with Crippen molar-refractivity contribution in [2.24, 2.45) is 7.05 Å². The van der Waals surface area contributed by atoms with Crippen molar-refractivity contribution in [3.63, 3.8) is 0 Å². The maximum absolute atomic E-state index is 4.47. The van der Waals surface area contributed by atoms with Crippen LogP contribution in [0, 0.1) is 6.92 Å². The average Bonchev–Trinajstić information content (AvgIpc) is 2.39. The fourth-order valence-electron chi connectivity index (χ4n) is 1.61. The van der Waals surface area contributed by atoms with Gasteiger partial charge in [0.15, 0.2) is 0 Å². The molecule has 74 valence electrons. The lowest BCUT2D eigenvalue weighted by Gasteiger charge is -2.00. The summed E-state index contributed by atoms with van der Waals surface area (Å²) in [7, 11) is 2.08. The van der Waals surface area contributed by atoms with Gasteiger partial charge in [-0.05, 0) is 13.3 Å². The molecule has 0 aromatic carbocycles. The highest BCUT2D eigenvalue weighted by molar-refractivity contribution is 5.01. The van der Waals surface area contributed by atoms with E-state index in [1.807, 2.05) is 0 Å². The Morgan fingerprint density at radius 1 is 1.31 bits per heavy atom. The zero-order valence-corrected chi connectivity index (χ0v) is 9.01. The van der Waals surface area contributed by atoms with Crippen molar-refractivity contribution in [3.05, 3.63) is 17.7 Å². The predicted molar refractivity (Wildman–Crippen MR) is 55.8 cm³/mol. The zero-order chi connectivity index (χ0) is 9.68. The minimum atomic E-state index is 1.13. The van der Waals surface area contributed by atoms with E-state index in [1.54, 1.807) is 0 Å². The summed E-state index contributed by atoms with van der Waals surface area (Å²) in [6, 6.07) is 0. The number of hydrogen-bond acceptors (Lipinski definition) is 1. The van der Waals surface area contributed by atoms with Crippen LogP contribution in [0.5, 0.6) is 0 Å². The first-order chi connectivity index (χ1) is 6.24. The van der Waals surface area contributed by atoms with Gasteiger partial charge in [-0.2, -0.15) is 0 Å². The van der Waals surface area contributed by atoms with Crippen molar-refractivity contribution in [1.82, 2.24) is 9.55 Å². The lowest BCUT2D eigenvalue weighted by Crippen LogP contribution is -1.96. The van der Waals surface area contributed by atoms with Crippen molar-refractivity contribution in [1.29, 1.82) is 0 Å². The highest BCUT2D eigenvalue weighted by Gasteiger charge is 2.00. The summed E-state index contributed by atoms with van der Waals surface area (Å²) in [6.07, 6.45) is 8.49. The van der Waals surface area contributed by atoms with E-state index in [1.165, 1.54) is 31.5 Å². The van der Waals surface area contributed by atoms with Gasteiger partial charge in [0.1, 0.15) is 5.82 Å². The van der Waals surface area contributed by atoms with E-state index in [0.29, 0.717) is 0 Å². The van der Waals surface area contributed by atoms with Gasteiger partial charge in [0, 0.05) is 19.7 Å². The lowest BCUT2D eigenvalue weighted by atomic mass is 10.1. The van der Waals surface area contributed by atoms with Crippen LogP contribution in [0.3, 0.4) is 0 Å². The normalized spacial score (nSPS) is 10.7. The van der Waals surface area contributed by atoms with Crippen LogP contribution in [0.1, 0.15) is 44.1 Å². The van der Waals surface area contributed by atoms with Gasteiger partial charge >= 0.3 is 0 Å². The first-order valence-electron chi connectivity index (χ1n) is 5.23. The Morgan fingerprint density at radius 3 is 2.62 bits per heavy atom. The SMILES string of the molecule is CCCCCCc1nc(C)cn1C. The lowest BCUT2D eigenvalue weighted by molar-refractivity contribution is 0.639. The van der Waals surface area contributed by atoms with Crippen molar-refractivity contribution in [2.45, 2.75) is 46.0 Å². The van der Waals surface area contributed by atoms with Crippen LogP contribution in [-0.2, 0) is 13.5 Å². The monoisotopic (exact) mass is 180 g/mol. The van der Waals surface area contributed by atoms with Crippen LogP contribution in [-0.4, -0.2) is 9.55 Å². The van der Waals surface area contributed by atoms with E-state index >= 15 is 0 Å². The second-order valence-corrected chi connectivity index (χ2v) is 3.72. The third kappa shape index (κ3) is 3.21. The minimum Gasteiger partial charge on any atom is -0.338 e. The van der Waals surface area contributed by atoms with Crippen molar-refractivity contribution < 1.29 is 0 Å². The molecule has 13 heavy (non-hydrogen) atoms. The van der Waals surface area contributed by atoms with Crippen LogP contribution in [0.4, 0.5) is 0 Å². The number of rotatable bonds is 5. The van der Waals surface area contributed by atoms with E-state index < -0.39 is 0 Å². The number of unbranched alkanes of at least 4 members (excludes halogenated alkanes) is 3. The van der Waals surface area contributed by atoms with E-state index in [-0.39, 0.29) is 0 Å². The number of aryl methyl sites for hydroxylation is 3. The summed E-state index contributed by atoms with van der Waals surface area (Å²) >= 11 is 0. The molecule has 0 aliphatic heterocycles. The summed E-state index contributed by atoms with van der Waals surface area (Å²) in [6.45, 7) is 4.29. The molecule has 0 atom stereocenters. The van der Waals surface area contributed by atoms with Crippen LogP contribution in [0.2, 0.25) is 0 Å². The molecule has 0 aliphatic carbocycles. The summed E-state index contributed by atoms with van der Waals surface area (Å²) < 4.78 is 2.14. The fraction of sp³-hybridized carbons (Fsp3) is 0.727. The van der Waals surface area contributed by atoms with Gasteiger partial charge in [0.25, 0.3) is 0 Å². The fourth-order valence-corrected chi connectivity index (χ4v) is 1.61. The first-order valence-corrected chi connectivity index (χ1v) is 5.23. The Balaban J connectivity index is 2.32. The molecular weight excluding hydrogens is 160 g/mol. The van der Waals surface area contributed by atoms with Crippen LogP contribution in [0.25, 0.3) is 0 Å². The zero-order valence-electron chi connectivity index (χ0n) is 9.01. The minimum absolute atomic E-state index is 1.13. The maximum Gasteiger partial charge on any atom is 0.108 e. The van der Waals surface area contributed by atoms with Gasteiger partial charge in [0.05, 0.1) is 5.69 Å². The third-order valence-corrected chi connectivity index (χ3v) is 2.35. The molecule has 0 fully saturated rings. The molecule has 0 bridgehead atoms. The molecule has 0 N–H and O–H groups in total. The molecule has 1 aromatic rings. The molecule has 0 amide bonds. The highest BCUT2D eigenvalue weighted by atomic mass is 15.0. The molecule has 1 aromatic heterocycles. The van der Waals surface area contributed by atoms with Crippen LogP contribution < -0.4 is 0 Å². The maximum atomic E-state index is 4.47. The van der Waals surface area contributed by atoms with Crippen molar-refractivity contribution >= 4 is 0 Å². The summed E-state index contributed by atoms with van der Waals surface area (Å²) in [4.78, 5) is 4.47. The third-order valence-electron chi connectivity index (χ3n) is 2.35. The van der Waals surface area contributed by atoms with Crippen molar-refractivity contribution in [2.75, 3.05) is 0 Å². The standard InChI is InChI=1S/C11H20N2/c1-4-5-6-7-8-11-12-10(2)9-13(11)3/h9H,4-8H2,1-3H3. The number of hydrogen-bond donors (Lipinski definition) is 0. The molecule has 0 unspecified atom stereocenters. The van der Waals surface area contributed by atoms with Gasteiger partial charge in [0.2, 0.25) is 0 Å². The second-order valence-electron chi connectivity index (χ2n) is 3.72. The van der Waals surface area contributed by atoms with E-state index in [9.17, 15) is 0 Å². The predicted octanol–water partition coefficient (Wildman–Crippen LogP) is 2.85. The number of imidazole rings is 1. The molecular formula is C11H20N2. The van der Waals surface area contributed by atoms with E-state index in [4.69, 9.17) is 0 Å². The van der Waals surface area contributed by atoms with Crippen LogP contribution >= 0.6 is 0 Å². The molecule has 0 spiro atoms. The Hall–Kier alpha value is -0.790. The molecule has 2 heteroatoms. The summed E-state index contributed by atoms with van der Waals surface area (Å²) in [5, 5.41) is 0. The van der Waals surface area contributed by atoms with Gasteiger partial charge in [-0.15, -0.1) is 0 Å². The summed E-state index contributed by atoms with van der Waals surface area (Å²) in [5.41, 5.74) is 1.13. The average molecular weight is 180 g/mol. The molecule has 0 aliphatic rings. The topological polar surface area (TPSA) is 17.8 Å². The highest BCUT2D eigenvalue weighted by Crippen LogP contribution is 2.07. The molecule has 1 rings (SSSR count). The van der Waals surface area contributed by atoms with Gasteiger partial charge in [-0.25, -0.2) is 4.98 Å². The van der Waals surface area contributed by atoms with Crippen LogP contribution in [0.15, 0.2) is 6.20 Å². The second kappa shape index (κ2) is 5.05. The Labute approximate surface area is 81.0 Å². The molecule has 1 heterocycles. The molecule has 0 saturated heterocycles. The quantitative estimate of drug-likeness (QED) is 0.637. The number of aromatic nitrogens is 2. The molecule has 0 saturated carbocycles. The number of nitrogens with zero attached hydrogens (tertiary/aromatic N) is 2. The van der Waals surface area contributed by atoms with Gasteiger partial charge in [-0.1, -0.05) is 26.2 Å². The summed E-state index contributed by atoms with van der Waals surface area (Å²) in [5.74, 6) is 1.23. The van der Waals surface area contributed by atoms with E-state index in [0.717, 1.165) is 12.1 Å². The molecule has 0 radical (unpaired) electrons. The van der Waals surface area contributed by atoms with Crippen molar-refractivity contribution in [3.8, 4) is 0 Å². The first kappa shape index (κ1) is 10.3.